The highest BCUT2D eigenvalue weighted by atomic mass is 32.1. The normalized spacial score (nSPS) is 22.9. The maximum absolute atomic E-state index is 12.7. The van der Waals surface area contributed by atoms with Crippen molar-refractivity contribution in [3.8, 4) is 0 Å². The third-order valence-electron chi connectivity index (χ3n) is 5.93. The number of aromatic nitrogens is 4. The van der Waals surface area contributed by atoms with Crippen LogP contribution in [0.3, 0.4) is 0 Å². The summed E-state index contributed by atoms with van der Waals surface area (Å²) in [4.78, 5) is 24.2. The molecule has 3 aromatic heterocycles. The Bertz CT molecular complexity index is 1120. The molecule has 3 aromatic rings. The van der Waals surface area contributed by atoms with Gasteiger partial charge in [0.1, 0.15) is 5.60 Å². The van der Waals surface area contributed by atoms with Crippen LogP contribution < -0.4 is 10.6 Å². The molecule has 0 saturated carbocycles. The average Bonchev–Trinajstić information content (AvgIpc) is 3.39. The van der Waals surface area contributed by atoms with Crippen LogP contribution in [-0.2, 0) is 4.74 Å². The van der Waals surface area contributed by atoms with Gasteiger partial charge in [-0.1, -0.05) is 0 Å². The van der Waals surface area contributed by atoms with Gasteiger partial charge in [-0.15, -0.1) is 11.3 Å². The summed E-state index contributed by atoms with van der Waals surface area (Å²) >= 11 is 1.60. The number of anilines is 3. The van der Waals surface area contributed by atoms with E-state index in [9.17, 15) is 4.79 Å². The number of hydrogen-bond donors (Lipinski definition) is 3. The molecule has 2 saturated heterocycles. The smallest absolute Gasteiger partial charge is 0.410 e. The number of fused-ring (bicyclic) bond motifs is 3. The van der Waals surface area contributed by atoms with Gasteiger partial charge in [0.15, 0.2) is 11.6 Å². The number of ether oxygens (including phenoxy) is 1. The molecule has 2 fully saturated rings. The minimum atomic E-state index is -0.480. The van der Waals surface area contributed by atoms with E-state index in [0.29, 0.717) is 5.95 Å². The van der Waals surface area contributed by atoms with E-state index < -0.39 is 5.60 Å². The SMILES string of the molecule is Cc1cc(Nc2nc(N[C@H]3CC4CC[C@H](C3)N4C(=O)OC(C)(C)C)nc3ccsc23)n[nH]1. The fourth-order valence-electron chi connectivity index (χ4n) is 4.71. The molecule has 5 rings (SSSR count). The van der Waals surface area contributed by atoms with Crippen LogP contribution in [0.25, 0.3) is 10.2 Å². The van der Waals surface area contributed by atoms with Crippen LogP contribution >= 0.6 is 11.3 Å². The number of aryl methyl sites for hydroxylation is 1. The van der Waals surface area contributed by atoms with E-state index in [1.54, 1.807) is 11.3 Å². The molecule has 1 amide bonds. The highest BCUT2D eigenvalue weighted by Crippen LogP contribution is 2.38. The maximum atomic E-state index is 12.7. The van der Waals surface area contributed by atoms with Crippen LogP contribution in [0.4, 0.5) is 22.4 Å². The number of rotatable bonds is 4. The van der Waals surface area contributed by atoms with Gasteiger partial charge >= 0.3 is 6.09 Å². The predicted octanol–water partition coefficient (Wildman–Crippen LogP) is 4.81. The topological polar surface area (TPSA) is 108 Å². The van der Waals surface area contributed by atoms with Crippen molar-refractivity contribution in [1.82, 2.24) is 25.1 Å². The number of amides is 1. The molecule has 0 radical (unpaired) electrons. The first kappa shape index (κ1) is 21.0. The van der Waals surface area contributed by atoms with Gasteiger partial charge in [-0.25, -0.2) is 9.78 Å². The molecule has 3 N–H and O–H groups in total. The number of nitrogens with one attached hydrogen (secondary N) is 3. The van der Waals surface area contributed by atoms with Gasteiger partial charge in [-0.2, -0.15) is 10.1 Å². The van der Waals surface area contributed by atoms with Crippen LogP contribution in [-0.4, -0.2) is 54.9 Å². The van der Waals surface area contributed by atoms with E-state index in [1.807, 2.05) is 50.1 Å². The second-order valence-corrected chi connectivity index (χ2v) is 10.6. The van der Waals surface area contributed by atoms with Gasteiger partial charge < -0.3 is 20.3 Å². The summed E-state index contributed by atoms with van der Waals surface area (Å²) in [5.74, 6) is 2.07. The Balaban J connectivity index is 1.32. The van der Waals surface area contributed by atoms with Gasteiger partial charge in [0.2, 0.25) is 5.95 Å². The van der Waals surface area contributed by atoms with Crippen molar-refractivity contribution in [3.05, 3.63) is 23.2 Å². The standard InChI is InChI=1S/C22H29N7O2S/c1-12-9-17(28-27-12)25-19-18-16(7-8-32-18)24-20(26-19)23-13-10-14-5-6-15(11-13)29(14)21(30)31-22(2,3)4/h7-9,13-15H,5-6,10-11H2,1-4H3,(H3,23,24,25,26,27,28)/t13-,14-,15?/m1/s1. The largest absolute Gasteiger partial charge is 0.444 e. The van der Waals surface area contributed by atoms with Gasteiger partial charge in [0, 0.05) is 29.9 Å². The van der Waals surface area contributed by atoms with Crippen molar-refractivity contribution in [2.75, 3.05) is 10.6 Å². The second kappa shape index (κ2) is 7.91. The molecule has 9 nitrogen and oxygen atoms in total. The number of carbonyl (C=O) groups is 1. The third kappa shape index (κ3) is 4.23. The Morgan fingerprint density at radius 2 is 2.00 bits per heavy atom. The Labute approximate surface area is 191 Å². The van der Waals surface area contributed by atoms with Crippen molar-refractivity contribution < 1.29 is 9.53 Å². The molecule has 2 aliphatic heterocycles. The lowest BCUT2D eigenvalue weighted by atomic mass is 9.98. The van der Waals surface area contributed by atoms with Crippen LogP contribution in [0.1, 0.15) is 52.1 Å². The Kier molecular flexibility index (Phi) is 5.19. The van der Waals surface area contributed by atoms with E-state index in [4.69, 9.17) is 14.7 Å². The zero-order valence-corrected chi connectivity index (χ0v) is 19.6. The molecular formula is C22H29N7O2S. The molecule has 0 spiro atoms. The fourth-order valence-corrected chi connectivity index (χ4v) is 5.48. The van der Waals surface area contributed by atoms with Crippen LogP contribution in [0.15, 0.2) is 17.5 Å². The van der Waals surface area contributed by atoms with Crippen LogP contribution in [0, 0.1) is 6.92 Å². The van der Waals surface area contributed by atoms with E-state index in [1.165, 1.54) is 0 Å². The highest BCUT2D eigenvalue weighted by molar-refractivity contribution is 7.17. The number of carbonyl (C=O) groups excluding carboxylic acids is 1. The van der Waals surface area contributed by atoms with Crippen LogP contribution in [0.5, 0.6) is 0 Å². The molecule has 10 heteroatoms. The fraction of sp³-hybridized carbons (Fsp3) is 0.545. The first-order valence-electron chi connectivity index (χ1n) is 11.1. The summed E-state index contributed by atoms with van der Waals surface area (Å²) in [6.07, 6.45) is 3.56. The van der Waals surface area contributed by atoms with Crippen molar-refractivity contribution in [3.63, 3.8) is 0 Å². The second-order valence-electron chi connectivity index (χ2n) is 9.68. The maximum Gasteiger partial charge on any atom is 0.410 e. The van der Waals surface area contributed by atoms with Gasteiger partial charge in [0.25, 0.3) is 0 Å². The number of H-pyrrole nitrogens is 1. The summed E-state index contributed by atoms with van der Waals surface area (Å²) in [6, 6.07) is 4.54. The Hall–Kier alpha value is -2.88. The van der Waals surface area contributed by atoms with Crippen molar-refractivity contribution in [2.24, 2.45) is 0 Å². The van der Waals surface area contributed by atoms with Crippen molar-refractivity contribution >= 4 is 45.2 Å². The zero-order chi connectivity index (χ0) is 22.5. The van der Waals surface area contributed by atoms with Gasteiger partial charge in [-0.3, -0.25) is 5.10 Å². The number of hydrogen-bond acceptors (Lipinski definition) is 8. The molecule has 32 heavy (non-hydrogen) atoms. The van der Waals surface area contributed by atoms with E-state index in [0.717, 1.165) is 53.2 Å². The lowest BCUT2D eigenvalue weighted by Gasteiger charge is -2.39. The first-order valence-corrected chi connectivity index (χ1v) is 12.0. The number of aromatic amines is 1. The molecule has 0 aliphatic carbocycles. The minimum absolute atomic E-state index is 0.190. The minimum Gasteiger partial charge on any atom is -0.444 e. The molecule has 1 unspecified atom stereocenters. The van der Waals surface area contributed by atoms with Crippen LogP contribution in [0.2, 0.25) is 0 Å². The van der Waals surface area contributed by atoms with E-state index in [2.05, 4.69) is 20.8 Å². The molecule has 2 bridgehead atoms. The lowest BCUT2D eigenvalue weighted by Crippen LogP contribution is -2.51. The average molecular weight is 456 g/mol. The molecule has 0 aromatic carbocycles. The lowest BCUT2D eigenvalue weighted by molar-refractivity contribution is 0.00682. The predicted molar refractivity (Wildman–Crippen MR) is 126 cm³/mol. The van der Waals surface area contributed by atoms with E-state index >= 15 is 0 Å². The number of thiophene rings is 1. The van der Waals surface area contributed by atoms with Crippen molar-refractivity contribution in [1.29, 1.82) is 0 Å². The van der Waals surface area contributed by atoms with Gasteiger partial charge in [-0.05, 0) is 64.8 Å². The molecule has 5 heterocycles. The molecule has 3 atom stereocenters. The Morgan fingerprint density at radius 1 is 1.25 bits per heavy atom. The summed E-state index contributed by atoms with van der Waals surface area (Å²) in [7, 11) is 0. The summed E-state index contributed by atoms with van der Waals surface area (Å²) in [5.41, 5.74) is 1.40. The number of piperidine rings is 1. The van der Waals surface area contributed by atoms with E-state index in [-0.39, 0.29) is 24.2 Å². The van der Waals surface area contributed by atoms with Gasteiger partial charge in [0.05, 0.1) is 10.2 Å². The Morgan fingerprint density at radius 3 is 2.66 bits per heavy atom. The molecule has 2 aliphatic rings. The summed E-state index contributed by atoms with van der Waals surface area (Å²) in [5, 5.41) is 16.1. The zero-order valence-electron chi connectivity index (χ0n) is 18.8. The first-order chi connectivity index (χ1) is 15.2. The molecular weight excluding hydrogens is 426 g/mol. The van der Waals surface area contributed by atoms with Crippen molar-refractivity contribution in [2.45, 2.75) is 77.1 Å². The summed E-state index contributed by atoms with van der Waals surface area (Å²) < 4.78 is 6.65. The molecule has 170 valence electrons. The third-order valence-corrected chi connectivity index (χ3v) is 6.84. The highest BCUT2D eigenvalue weighted by Gasteiger charge is 2.45. The quantitative estimate of drug-likeness (QED) is 0.518. The summed E-state index contributed by atoms with van der Waals surface area (Å²) in [6.45, 7) is 7.70. The number of nitrogens with zero attached hydrogens (tertiary/aromatic N) is 4. The monoisotopic (exact) mass is 455 g/mol.